The van der Waals surface area contributed by atoms with Gasteiger partial charge in [-0.3, -0.25) is 0 Å². The number of rotatable bonds is 2. The molecule has 0 unspecified atom stereocenters. The number of hydrogen-bond acceptors (Lipinski definition) is 5. The van der Waals surface area contributed by atoms with Crippen molar-refractivity contribution in [1.29, 1.82) is 0 Å². The molecule has 0 radical (unpaired) electrons. The van der Waals surface area contributed by atoms with Crippen LogP contribution in [0.5, 0.6) is 5.88 Å². The van der Waals surface area contributed by atoms with Crippen molar-refractivity contribution in [3.05, 3.63) is 6.33 Å². The summed E-state index contributed by atoms with van der Waals surface area (Å²) in [5.41, 5.74) is 1.06. The molecule has 1 fully saturated rings. The molecule has 2 N–H and O–H groups in total. The molecule has 0 aromatic carbocycles. The number of nitrogens with zero attached hydrogens (tertiary/aromatic N) is 2. The van der Waals surface area contributed by atoms with Crippen molar-refractivity contribution >= 4 is 11.5 Å². The minimum absolute atomic E-state index is 0.165. The third kappa shape index (κ3) is 2.22. The quantitative estimate of drug-likeness (QED) is 0.858. The van der Waals surface area contributed by atoms with Crippen LogP contribution in [0.3, 0.4) is 0 Å². The van der Waals surface area contributed by atoms with Gasteiger partial charge < -0.3 is 15.4 Å². The summed E-state index contributed by atoms with van der Waals surface area (Å²) in [6, 6.07) is 0. The van der Waals surface area contributed by atoms with Crippen molar-refractivity contribution in [3.63, 3.8) is 0 Å². The summed E-state index contributed by atoms with van der Waals surface area (Å²) in [5.74, 6) is 2.40. The maximum absolute atomic E-state index is 5.27. The molecule has 1 aliphatic heterocycles. The number of methoxy groups -OCH3 is 1. The van der Waals surface area contributed by atoms with Gasteiger partial charge in [0, 0.05) is 6.54 Å². The number of hydrogen-bond donors (Lipinski definition) is 2. The molecule has 104 valence electrons. The third-order valence-electron chi connectivity index (χ3n) is 4.63. The number of anilines is 2. The normalized spacial score (nSPS) is 29.3. The van der Waals surface area contributed by atoms with Gasteiger partial charge in [-0.15, -0.1) is 0 Å². The maximum atomic E-state index is 5.27. The van der Waals surface area contributed by atoms with Gasteiger partial charge in [-0.1, -0.05) is 13.3 Å². The lowest BCUT2D eigenvalue weighted by molar-refractivity contribution is 0.254. The Balaban J connectivity index is 1.79. The average molecular weight is 262 g/mol. The molecule has 0 bridgehead atoms. The zero-order valence-corrected chi connectivity index (χ0v) is 11.7. The summed E-state index contributed by atoms with van der Waals surface area (Å²) in [4.78, 5) is 8.49. The first-order valence-corrected chi connectivity index (χ1v) is 7.17. The standard InChI is InChI=1S/C14H22N4O/c1-3-10-4-6-14(7-5-10)8-15-11-12(18-14)16-9-17-13(11)19-2/h9-10,15H,3-8H2,1-2H3,(H,16,17,18). The van der Waals surface area contributed by atoms with E-state index in [0.29, 0.717) is 5.88 Å². The van der Waals surface area contributed by atoms with Crippen LogP contribution >= 0.6 is 0 Å². The average Bonchev–Trinajstić information content (AvgIpc) is 2.47. The predicted octanol–water partition coefficient (Wildman–Crippen LogP) is 2.66. The molecule has 0 amide bonds. The monoisotopic (exact) mass is 262 g/mol. The fourth-order valence-corrected chi connectivity index (χ4v) is 3.27. The van der Waals surface area contributed by atoms with Crippen molar-refractivity contribution in [3.8, 4) is 5.88 Å². The fourth-order valence-electron chi connectivity index (χ4n) is 3.27. The summed E-state index contributed by atoms with van der Waals surface area (Å²) in [6.07, 6.45) is 7.90. The highest BCUT2D eigenvalue weighted by Gasteiger charge is 2.38. The van der Waals surface area contributed by atoms with E-state index < -0.39 is 0 Å². The summed E-state index contributed by atoms with van der Waals surface area (Å²) < 4.78 is 5.27. The summed E-state index contributed by atoms with van der Waals surface area (Å²) >= 11 is 0. The van der Waals surface area contributed by atoms with Crippen LogP contribution in [0.4, 0.5) is 11.5 Å². The molecule has 0 saturated heterocycles. The van der Waals surface area contributed by atoms with Gasteiger partial charge >= 0.3 is 0 Å². The Bertz CT molecular complexity index is 455. The first-order valence-electron chi connectivity index (χ1n) is 7.17. The molecule has 19 heavy (non-hydrogen) atoms. The topological polar surface area (TPSA) is 59.1 Å². The van der Waals surface area contributed by atoms with Crippen LogP contribution < -0.4 is 15.4 Å². The van der Waals surface area contributed by atoms with Crippen LogP contribution in [0.25, 0.3) is 0 Å². The fraction of sp³-hybridized carbons (Fsp3) is 0.714. The highest BCUT2D eigenvalue weighted by molar-refractivity contribution is 5.72. The van der Waals surface area contributed by atoms with Gasteiger partial charge in [0.2, 0.25) is 5.88 Å². The lowest BCUT2D eigenvalue weighted by Crippen LogP contribution is -2.50. The Kier molecular flexibility index (Phi) is 3.21. The smallest absolute Gasteiger partial charge is 0.242 e. The van der Waals surface area contributed by atoms with Gasteiger partial charge in [0.25, 0.3) is 0 Å². The maximum Gasteiger partial charge on any atom is 0.242 e. The molecular weight excluding hydrogens is 240 g/mol. The molecule has 5 heteroatoms. The van der Waals surface area contributed by atoms with Gasteiger partial charge in [0.15, 0.2) is 5.82 Å². The van der Waals surface area contributed by atoms with E-state index in [-0.39, 0.29) is 5.54 Å². The molecular formula is C14H22N4O. The second-order valence-electron chi connectivity index (χ2n) is 5.72. The summed E-state index contributed by atoms with van der Waals surface area (Å²) in [5, 5.41) is 7.10. The molecule has 1 spiro atoms. The predicted molar refractivity (Wildman–Crippen MR) is 75.7 cm³/mol. The molecule has 5 nitrogen and oxygen atoms in total. The first-order chi connectivity index (χ1) is 9.26. The van der Waals surface area contributed by atoms with E-state index in [2.05, 4.69) is 27.5 Å². The molecule has 2 aliphatic rings. The van der Waals surface area contributed by atoms with E-state index >= 15 is 0 Å². The van der Waals surface area contributed by atoms with E-state index in [1.807, 2.05) is 0 Å². The highest BCUT2D eigenvalue weighted by atomic mass is 16.5. The zero-order chi connectivity index (χ0) is 13.3. The lowest BCUT2D eigenvalue weighted by Gasteiger charge is -2.44. The van der Waals surface area contributed by atoms with E-state index in [1.165, 1.54) is 32.1 Å². The Labute approximate surface area is 114 Å². The van der Waals surface area contributed by atoms with Crippen LogP contribution in [0.15, 0.2) is 6.33 Å². The van der Waals surface area contributed by atoms with E-state index in [0.717, 1.165) is 24.0 Å². The minimum Gasteiger partial charge on any atom is -0.479 e. The molecule has 1 aromatic heterocycles. The Morgan fingerprint density at radius 1 is 1.37 bits per heavy atom. The van der Waals surface area contributed by atoms with Crippen molar-refractivity contribution in [2.24, 2.45) is 5.92 Å². The Morgan fingerprint density at radius 3 is 2.84 bits per heavy atom. The number of fused-ring (bicyclic) bond motifs is 1. The number of nitrogens with one attached hydrogen (secondary N) is 2. The van der Waals surface area contributed by atoms with Crippen molar-refractivity contribution in [2.75, 3.05) is 24.3 Å². The van der Waals surface area contributed by atoms with Gasteiger partial charge in [-0.2, -0.15) is 4.98 Å². The second-order valence-corrected chi connectivity index (χ2v) is 5.72. The first kappa shape index (κ1) is 12.5. The number of ether oxygens (including phenoxy) is 1. The van der Waals surface area contributed by atoms with E-state index in [9.17, 15) is 0 Å². The largest absolute Gasteiger partial charge is 0.479 e. The van der Waals surface area contributed by atoms with Gasteiger partial charge in [0.05, 0.1) is 12.6 Å². The Morgan fingerprint density at radius 2 is 2.16 bits per heavy atom. The lowest BCUT2D eigenvalue weighted by atomic mass is 9.75. The SMILES string of the molecule is CCC1CCC2(CC1)CNc1c(ncnc1OC)N2. The van der Waals surface area contributed by atoms with Crippen LogP contribution in [0.2, 0.25) is 0 Å². The molecule has 1 aliphatic carbocycles. The molecule has 2 heterocycles. The van der Waals surface area contributed by atoms with Crippen LogP contribution in [-0.4, -0.2) is 29.2 Å². The van der Waals surface area contributed by atoms with Crippen molar-refractivity contribution in [1.82, 2.24) is 9.97 Å². The van der Waals surface area contributed by atoms with Crippen molar-refractivity contribution in [2.45, 2.75) is 44.6 Å². The molecule has 1 aromatic rings. The third-order valence-corrected chi connectivity index (χ3v) is 4.63. The second kappa shape index (κ2) is 4.87. The van der Waals surface area contributed by atoms with E-state index in [1.54, 1.807) is 13.4 Å². The summed E-state index contributed by atoms with van der Waals surface area (Å²) in [7, 11) is 1.64. The van der Waals surface area contributed by atoms with Gasteiger partial charge in [0.1, 0.15) is 12.0 Å². The zero-order valence-electron chi connectivity index (χ0n) is 11.7. The van der Waals surface area contributed by atoms with Crippen LogP contribution in [-0.2, 0) is 0 Å². The Hall–Kier alpha value is -1.52. The highest BCUT2D eigenvalue weighted by Crippen LogP contribution is 2.41. The number of aromatic nitrogens is 2. The van der Waals surface area contributed by atoms with Crippen molar-refractivity contribution < 1.29 is 4.74 Å². The van der Waals surface area contributed by atoms with Gasteiger partial charge in [-0.05, 0) is 31.6 Å². The molecule has 0 atom stereocenters. The van der Waals surface area contributed by atoms with Gasteiger partial charge in [-0.25, -0.2) is 4.98 Å². The molecule has 1 saturated carbocycles. The summed E-state index contributed by atoms with van der Waals surface area (Å²) in [6.45, 7) is 3.22. The molecule has 3 rings (SSSR count). The van der Waals surface area contributed by atoms with Crippen LogP contribution in [0, 0.1) is 5.92 Å². The van der Waals surface area contributed by atoms with Crippen LogP contribution in [0.1, 0.15) is 39.0 Å². The van der Waals surface area contributed by atoms with E-state index in [4.69, 9.17) is 4.74 Å². The minimum atomic E-state index is 0.165.